The maximum atomic E-state index is 11.7. The Hall–Kier alpha value is -1.58. The molecule has 0 fully saturated rings. The van der Waals surface area contributed by atoms with Crippen LogP contribution in [0.4, 0.5) is 0 Å². The molecular weight excluding hydrogens is 204 g/mol. The Morgan fingerprint density at radius 3 is 2.81 bits per heavy atom. The molecule has 1 aliphatic rings. The minimum atomic E-state index is -0.136. The van der Waals surface area contributed by atoms with Crippen molar-refractivity contribution >= 4 is 5.90 Å². The molecule has 0 aromatic carbocycles. The average Bonchev–Trinajstić information content (AvgIpc) is 2.66. The molecule has 2 heterocycles. The number of pyridine rings is 1. The number of ether oxygens (including phenoxy) is 1. The Morgan fingerprint density at radius 1 is 1.50 bits per heavy atom. The molecule has 0 bridgehead atoms. The van der Waals surface area contributed by atoms with Crippen LogP contribution in [0.2, 0.25) is 0 Å². The maximum Gasteiger partial charge on any atom is 0.260 e. The Balaban J connectivity index is 2.24. The predicted octanol–water partition coefficient (Wildman–Crippen LogP) is 1.48. The molecule has 0 amide bonds. The molecule has 4 nitrogen and oxygen atoms in total. The SMILES string of the molecule is Cc1ccc(C2=NC[C@@H](C(C)C)O2)c(=O)[nH]1. The summed E-state index contributed by atoms with van der Waals surface area (Å²) in [7, 11) is 0. The van der Waals surface area contributed by atoms with Crippen LogP contribution >= 0.6 is 0 Å². The van der Waals surface area contributed by atoms with Gasteiger partial charge in [0.2, 0.25) is 5.90 Å². The number of rotatable bonds is 2. The lowest BCUT2D eigenvalue weighted by Gasteiger charge is -2.14. The number of nitrogens with zero attached hydrogens (tertiary/aromatic N) is 1. The smallest absolute Gasteiger partial charge is 0.260 e. The lowest BCUT2D eigenvalue weighted by Crippen LogP contribution is -2.23. The van der Waals surface area contributed by atoms with E-state index in [1.807, 2.05) is 13.0 Å². The number of aromatic amines is 1. The van der Waals surface area contributed by atoms with Crippen LogP contribution in [0.5, 0.6) is 0 Å². The molecule has 0 spiro atoms. The van der Waals surface area contributed by atoms with E-state index in [4.69, 9.17) is 4.74 Å². The molecule has 1 aromatic heterocycles. The van der Waals surface area contributed by atoms with Crippen LogP contribution in [0.25, 0.3) is 0 Å². The summed E-state index contributed by atoms with van der Waals surface area (Å²) in [5, 5.41) is 0. The van der Waals surface area contributed by atoms with Crippen molar-refractivity contribution in [3.63, 3.8) is 0 Å². The van der Waals surface area contributed by atoms with Crippen LogP contribution in [-0.2, 0) is 4.74 Å². The molecular formula is C12H16N2O2. The van der Waals surface area contributed by atoms with E-state index in [2.05, 4.69) is 23.8 Å². The van der Waals surface area contributed by atoms with Gasteiger partial charge in [0.25, 0.3) is 5.56 Å². The summed E-state index contributed by atoms with van der Waals surface area (Å²) in [6.45, 7) is 6.66. The van der Waals surface area contributed by atoms with E-state index in [0.717, 1.165) is 5.69 Å². The summed E-state index contributed by atoms with van der Waals surface area (Å²) >= 11 is 0. The second-order valence-corrected chi connectivity index (χ2v) is 4.43. The maximum absolute atomic E-state index is 11.7. The zero-order chi connectivity index (χ0) is 11.7. The van der Waals surface area contributed by atoms with Crippen molar-refractivity contribution in [3.8, 4) is 0 Å². The number of aromatic nitrogens is 1. The molecule has 86 valence electrons. The first-order valence-corrected chi connectivity index (χ1v) is 5.49. The summed E-state index contributed by atoms with van der Waals surface area (Å²) in [5.41, 5.74) is 1.23. The fourth-order valence-electron chi connectivity index (χ4n) is 1.63. The van der Waals surface area contributed by atoms with E-state index < -0.39 is 0 Å². The molecule has 0 unspecified atom stereocenters. The highest BCUT2D eigenvalue weighted by atomic mass is 16.5. The second-order valence-electron chi connectivity index (χ2n) is 4.43. The van der Waals surface area contributed by atoms with Gasteiger partial charge in [-0.25, -0.2) is 4.99 Å². The molecule has 1 aromatic rings. The van der Waals surface area contributed by atoms with Crippen LogP contribution < -0.4 is 5.56 Å². The Labute approximate surface area is 94.4 Å². The molecule has 1 aliphatic heterocycles. The van der Waals surface area contributed by atoms with Gasteiger partial charge in [0.15, 0.2) is 0 Å². The third-order valence-electron chi connectivity index (χ3n) is 2.71. The first-order valence-electron chi connectivity index (χ1n) is 5.49. The van der Waals surface area contributed by atoms with Gasteiger partial charge in [-0.2, -0.15) is 0 Å². The van der Waals surface area contributed by atoms with E-state index >= 15 is 0 Å². The van der Waals surface area contributed by atoms with Gasteiger partial charge in [-0.05, 0) is 25.0 Å². The Kier molecular flexibility index (Phi) is 2.81. The highest BCUT2D eigenvalue weighted by Crippen LogP contribution is 2.16. The number of H-pyrrole nitrogens is 1. The van der Waals surface area contributed by atoms with Crippen LogP contribution in [0.1, 0.15) is 25.1 Å². The van der Waals surface area contributed by atoms with Gasteiger partial charge in [-0.1, -0.05) is 13.8 Å². The summed E-state index contributed by atoms with van der Waals surface area (Å²) in [6.07, 6.45) is 0.0932. The normalized spacial score (nSPS) is 19.8. The van der Waals surface area contributed by atoms with Crippen LogP contribution in [0.15, 0.2) is 21.9 Å². The van der Waals surface area contributed by atoms with Crippen LogP contribution in [0, 0.1) is 12.8 Å². The number of aryl methyl sites for hydroxylation is 1. The molecule has 16 heavy (non-hydrogen) atoms. The fourth-order valence-corrected chi connectivity index (χ4v) is 1.63. The van der Waals surface area contributed by atoms with Crippen molar-refractivity contribution in [1.82, 2.24) is 4.98 Å². The van der Waals surface area contributed by atoms with Crippen LogP contribution in [-0.4, -0.2) is 23.5 Å². The van der Waals surface area contributed by atoms with Gasteiger partial charge in [0.1, 0.15) is 11.7 Å². The van der Waals surface area contributed by atoms with Crippen molar-refractivity contribution < 1.29 is 4.74 Å². The quantitative estimate of drug-likeness (QED) is 0.820. The third kappa shape index (κ3) is 2.01. The molecule has 4 heteroatoms. The molecule has 2 rings (SSSR count). The van der Waals surface area contributed by atoms with Crippen molar-refractivity contribution in [1.29, 1.82) is 0 Å². The largest absolute Gasteiger partial charge is 0.472 e. The zero-order valence-corrected chi connectivity index (χ0v) is 9.78. The van der Waals surface area contributed by atoms with Gasteiger partial charge in [-0.3, -0.25) is 4.79 Å². The molecule has 1 N–H and O–H groups in total. The van der Waals surface area contributed by atoms with Gasteiger partial charge in [-0.15, -0.1) is 0 Å². The van der Waals surface area contributed by atoms with Crippen molar-refractivity contribution in [2.24, 2.45) is 10.9 Å². The fraction of sp³-hybridized carbons (Fsp3) is 0.500. The van der Waals surface area contributed by atoms with Crippen molar-refractivity contribution in [2.45, 2.75) is 26.9 Å². The number of hydrogen-bond donors (Lipinski definition) is 1. The van der Waals surface area contributed by atoms with E-state index in [0.29, 0.717) is 23.9 Å². The summed E-state index contributed by atoms with van der Waals surface area (Å²) in [6, 6.07) is 3.61. The van der Waals surface area contributed by atoms with Gasteiger partial charge in [0.05, 0.1) is 6.54 Å². The summed E-state index contributed by atoms with van der Waals surface area (Å²) in [5.74, 6) is 0.880. The third-order valence-corrected chi connectivity index (χ3v) is 2.71. The standard InChI is InChI=1S/C12H16N2O2/c1-7(2)10-6-13-12(16-10)9-5-4-8(3)14-11(9)15/h4-5,7,10H,6H2,1-3H3,(H,14,15)/t10-/m0/s1. The summed E-state index contributed by atoms with van der Waals surface area (Å²) < 4.78 is 5.66. The van der Waals surface area contributed by atoms with E-state index in [-0.39, 0.29) is 11.7 Å². The van der Waals surface area contributed by atoms with E-state index in [1.165, 1.54) is 0 Å². The van der Waals surface area contributed by atoms with Crippen molar-refractivity contribution in [3.05, 3.63) is 33.7 Å². The predicted molar refractivity (Wildman–Crippen MR) is 62.9 cm³/mol. The first kappa shape index (κ1) is 10.9. The zero-order valence-electron chi connectivity index (χ0n) is 9.78. The number of nitrogens with one attached hydrogen (secondary N) is 1. The van der Waals surface area contributed by atoms with Gasteiger partial charge >= 0.3 is 0 Å². The van der Waals surface area contributed by atoms with Crippen molar-refractivity contribution in [2.75, 3.05) is 6.54 Å². The highest BCUT2D eigenvalue weighted by Gasteiger charge is 2.25. The average molecular weight is 220 g/mol. The van der Waals surface area contributed by atoms with E-state index in [9.17, 15) is 4.79 Å². The van der Waals surface area contributed by atoms with Crippen LogP contribution in [0.3, 0.4) is 0 Å². The lowest BCUT2D eigenvalue weighted by atomic mass is 10.1. The molecule has 0 saturated carbocycles. The van der Waals surface area contributed by atoms with Gasteiger partial charge < -0.3 is 9.72 Å². The number of hydrogen-bond acceptors (Lipinski definition) is 3. The van der Waals surface area contributed by atoms with E-state index in [1.54, 1.807) is 6.07 Å². The Bertz CT molecular complexity index is 474. The minimum Gasteiger partial charge on any atom is -0.472 e. The van der Waals surface area contributed by atoms with Gasteiger partial charge in [0, 0.05) is 5.69 Å². The molecule has 1 atom stereocenters. The first-order chi connectivity index (χ1) is 7.58. The topological polar surface area (TPSA) is 54.4 Å². The minimum absolute atomic E-state index is 0.0932. The molecule has 0 saturated heterocycles. The second kappa shape index (κ2) is 4.12. The summed E-state index contributed by atoms with van der Waals surface area (Å²) in [4.78, 5) is 18.7. The molecule has 0 aliphatic carbocycles. The number of aliphatic imine (C=N–C) groups is 1. The molecule has 0 radical (unpaired) electrons. The lowest BCUT2D eigenvalue weighted by molar-refractivity contribution is 0.171. The monoisotopic (exact) mass is 220 g/mol. The highest BCUT2D eigenvalue weighted by molar-refractivity contribution is 5.94. The Morgan fingerprint density at radius 2 is 2.25 bits per heavy atom.